The molecule has 0 fully saturated rings. The summed E-state index contributed by atoms with van der Waals surface area (Å²) in [5.41, 5.74) is 7.20. The Bertz CT molecular complexity index is 663. The highest BCUT2D eigenvalue weighted by Crippen LogP contribution is 2.18. The van der Waals surface area contributed by atoms with Crippen molar-refractivity contribution in [3.63, 3.8) is 0 Å². The number of nitrogens with one attached hydrogen (secondary N) is 1. The summed E-state index contributed by atoms with van der Waals surface area (Å²) in [6.45, 7) is 0.295. The van der Waals surface area contributed by atoms with Gasteiger partial charge in [0.2, 0.25) is 0 Å². The van der Waals surface area contributed by atoms with Crippen LogP contribution in [0, 0.1) is 10.1 Å². The fourth-order valence-corrected chi connectivity index (χ4v) is 1.92. The minimum absolute atomic E-state index is 0.137. The van der Waals surface area contributed by atoms with Gasteiger partial charge in [-0.15, -0.1) is 0 Å². The van der Waals surface area contributed by atoms with Crippen LogP contribution in [0.1, 0.15) is 16.1 Å². The Labute approximate surface area is 115 Å². The van der Waals surface area contributed by atoms with Crippen molar-refractivity contribution in [2.45, 2.75) is 6.54 Å². The number of amides is 1. The van der Waals surface area contributed by atoms with Crippen LogP contribution in [0.25, 0.3) is 0 Å². The summed E-state index contributed by atoms with van der Waals surface area (Å²) < 4.78 is 1.24. The van der Waals surface area contributed by atoms with Gasteiger partial charge < -0.3 is 21.2 Å². The lowest BCUT2D eigenvalue weighted by Gasteiger charge is -2.08. The zero-order valence-electron chi connectivity index (χ0n) is 10.9. The average molecular weight is 274 g/mol. The number of rotatable bonds is 4. The van der Waals surface area contributed by atoms with Gasteiger partial charge in [0, 0.05) is 18.3 Å². The molecule has 0 aliphatic rings. The molecule has 0 spiro atoms. The lowest BCUT2D eigenvalue weighted by atomic mass is 10.2. The van der Waals surface area contributed by atoms with Crippen LogP contribution in [0.3, 0.4) is 0 Å². The molecule has 0 radical (unpaired) electrons. The van der Waals surface area contributed by atoms with E-state index in [1.807, 2.05) is 12.1 Å². The predicted molar refractivity (Wildman–Crippen MR) is 74.4 cm³/mol. The minimum atomic E-state index is -0.537. The van der Waals surface area contributed by atoms with Gasteiger partial charge in [-0.3, -0.25) is 4.79 Å². The van der Waals surface area contributed by atoms with Gasteiger partial charge in [-0.2, -0.15) is 0 Å². The molecule has 7 heteroatoms. The molecule has 1 heterocycles. The Morgan fingerprint density at radius 2 is 2.05 bits per heavy atom. The highest BCUT2D eigenvalue weighted by atomic mass is 16.6. The van der Waals surface area contributed by atoms with Crippen LogP contribution in [0.2, 0.25) is 0 Å². The minimum Gasteiger partial charge on any atom is -0.358 e. The third-order valence-corrected chi connectivity index (χ3v) is 3.00. The second-order valence-electron chi connectivity index (χ2n) is 4.21. The van der Waals surface area contributed by atoms with E-state index in [2.05, 4.69) is 5.32 Å². The molecule has 2 rings (SSSR count). The maximum atomic E-state index is 12.1. The van der Waals surface area contributed by atoms with E-state index < -0.39 is 10.8 Å². The van der Waals surface area contributed by atoms with Crippen molar-refractivity contribution < 1.29 is 9.72 Å². The van der Waals surface area contributed by atoms with E-state index in [0.29, 0.717) is 12.2 Å². The molecule has 7 nitrogen and oxygen atoms in total. The molecule has 1 amide bonds. The monoisotopic (exact) mass is 274 g/mol. The molecule has 20 heavy (non-hydrogen) atoms. The van der Waals surface area contributed by atoms with E-state index in [1.54, 1.807) is 12.1 Å². The van der Waals surface area contributed by atoms with E-state index in [-0.39, 0.29) is 11.5 Å². The Balaban J connectivity index is 2.27. The molecule has 1 aromatic carbocycles. The first kappa shape index (κ1) is 13.8. The molecule has 2 aromatic rings. The van der Waals surface area contributed by atoms with Gasteiger partial charge >= 0.3 is 5.82 Å². The molecular weight excluding hydrogens is 260 g/mol. The van der Waals surface area contributed by atoms with Crippen LogP contribution >= 0.6 is 0 Å². The first-order valence-corrected chi connectivity index (χ1v) is 5.94. The van der Waals surface area contributed by atoms with Crippen LogP contribution in [0.15, 0.2) is 36.4 Å². The lowest BCUT2D eigenvalue weighted by molar-refractivity contribution is -0.391. The molecule has 1 aromatic heterocycles. The smallest absolute Gasteiger partial charge is 0.323 e. The van der Waals surface area contributed by atoms with Gasteiger partial charge in [-0.05, 0) is 22.6 Å². The van der Waals surface area contributed by atoms with Crippen LogP contribution < -0.4 is 11.1 Å². The maximum Gasteiger partial charge on any atom is 0.323 e. The number of nitro groups is 1. The van der Waals surface area contributed by atoms with Gasteiger partial charge in [0.15, 0.2) is 5.69 Å². The zero-order valence-corrected chi connectivity index (χ0v) is 10.9. The number of carbonyl (C=O) groups is 1. The van der Waals surface area contributed by atoms with Gasteiger partial charge in [0.1, 0.15) is 0 Å². The van der Waals surface area contributed by atoms with Crippen LogP contribution in [-0.2, 0) is 13.6 Å². The van der Waals surface area contributed by atoms with E-state index in [0.717, 1.165) is 5.56 Å². The largest absolute Gasteiger partial charge is 0.358 e. The van der Waals surface area contributed by atoms with Crippen molar-refractivity contribution in [3.8, 4) is 0 Å². The van der Waals surface area contributed by atoms with Gasteiger partial charge in [-0.1, -0.05) is 18.2 Å². The van der Waals surface area contributed by atoms with Crippen molar-refractivity contribution in [3.05, 3.63) is 57.8 Å². The number of anilines is 1. The fraction of sp³-hybridized carbons (Fsp3) is 0.154. The zero-order chi connectivity index (χ0) is 14.7. The van der Waals surface area contributed by atoms with Crippen LogP contribution in [0.5, 0.6) is 0 Å². The summed E-state index contributed by atoms with van der Waals surface area (Å²) in [4.78, 5) is 22.4. The first-order valence-electron chi connectivity index (χ1n) is 5.94. The number of hydrogen-bond acceptors (Lipinski definition) is 4. The van der Waals surface area contributed by atoms with Gasteiger partial charge in [-0.25, -0.2) is 4.57 Å². The fourth-order valence-electron chi connectivity index (χ4n) is 1.92. The summed E-state index contributed by atoms with van der Waals surface area (Å²) >= 11 is 0. The Morgan fingerprint density at radius 1 is 1.35 bits per heavy atom. The van der Waals surface area contributed by atoms with Crippen molar-refractivity contribution in [2.75, 3.05) is 5.32 Å². The molecule has 0 atom stereocenters. The normalized spacial score (nSPS) is 10.3. The lowest BCUT2D eigenvalue weighted by Crippen LogP contribution is -2.17. The molecule has 0 aliphatic heterocycles. The standard InChI is InChI=1S/C13H14N4O3/c1-16-11(6-7-12(16)17(19)20)13(18)15-10-5-3-2-4-9(10)8-14/h2-7H,8,14H2,1H3,(H,15,18). The van der Waals surface area contributed by atoms with Gasteiger partial charge in [0.05, 0.1) is 7.05 Å². The molecule has 0 saturated carbocycles. The third-order valence-electron chi connectivity index (χ3n) is 3.00. The second kappa shape index (κ2) is 5.54. The Morgan fingerprint density at radius 3 is 2.65 bits per heavy atom. The van der Waals surface area contributed by atoms with E-state index in [1.165, 1.54) is 23.7 Å². The summed E-state index contributed by atoms with van der Waals surface area (Å²) in [5, 5.41) is 13.5. The van der Waals surface area contributed by atoms with Crippen molar-refractivity contribution in [2.24, 2.45) is 12.8 Å². The SMILES string of the molecule is Cn1c(C(=O)Nc2ccccc2CN)ccc1[N+](=O)[O-]. The van der Waals surface area contributed by atoms with Gasteiger partial charge in [0.25, 0.3) is 5.91 Å². The molecule has 0 bridgehead atoms. The topological polar surface area (TPSA) is 103 Å². The highest BCUT2D eigenvalue weighted by Gasteiger charge is 2.20. The molecule has 0 aliphatic carbocycles. The molecule has 3 N–H and O–H groups in total. The number of nitrogens with two attached hydrogens (primary N) is 1. The van der Waals surface area contributed by atoms with Crippen molar-refractivity contribution >= 4 is 17.4 Å². The number of aromatic nitrogens is 1. The predicted octanol–water partition coefficient (Wildman–Crippen LogP) is 1.64. The highest BCUT2D eigenvalue weighted by molar-refractivity contribution is 6.03. The molecule has 0 unspecified atom stereocenters. The van der Waals surface area contributed by atoms with E-state index in [9.17, 15) is 14.9 Å². The summed E-state index contributed by atoms with van der Waals surface area (Å²) in [7, 11) is 1.47. The summed E-state index contributed by atoms with van der Waals surface area (Å²) in [6, 6.07) is 9.86. The Kier molecular flexibility index (Phi) is 3.81. The van der Waals surface area contributed by atoms with Crippen molar-refractivity contribution in [1.82, 2.24) is 4.57 Å². The molecule has 0 saturated heterocycles. The average Bonchev–Trinajstić information content (AvgIpc) is 2.81. The number of benzene rings is 1. The third kappa shape index (κ3) is 2.52. The maximum absolute atomic E-state index is 12.1. The number of carbonyl (C=O) groups excluding carboxylic acids is 1. The van der Waals surface area contributed by atoms with Crippen molar-refractivity contribution in [1.29, 1.82) is 0 Å². The summed E-state index contributed by atoms with van der Waals surface area (Å²) in [6.07, 6.45) is 0. The number of hydrogen-bond donors (Lipinski definition) is 2. The summed E-state index contributed by atoms with van der Waals surface area (Å²) in [5.74, 6) is -0.552. The van der Waals surface area contributed by atoms with E-state index in [4.69, 9.17) is 5.73 Å². The molecule has 104 valence electrons. The number of para-hydroxylation sites is 1. The number of nitrogens with zero attached hydrogens (tertiary/aromatic N) is 2. The molecular formula is C13H14N4O3. The van der Waals surface area contributed by atoms with Crippen LogP contribution in [0.4, 0.5) is 11.5 Å². The quantitative estimate of drug-likeness (QED) is 0.653. The van der Waals surface area contributed by atoms with Crippen LogP contribution in [-0.4, -0.2) is 15.4 Å². The Hall–Kier alpha value is -2.67. The second-order valence-corrected chi connectivity index (χ2v) is 4.21. The first-order chi connectivity index (χ1) is 9.54. The van der Waals surface area contributed by atoms with E-state index >= 15 is 0 Å².